The molecule has 2 saturated carbocycles. The van der Waals surface area contributed by atoms with Gasteiger partial charge in [-0.3, -0.25) is 4.79 Å². The second-order valence-electron chi connectivity index (χ2n) is 5.91. The van der Waals surface area contributed by atoms with Gasteiger partial charge in [-0.1, -0.05) is 12.1 Å². The lowest BCUT2D eigenvalue weighted by Gasteiger charge is -2.13. The van der Waals surface area contributed by atoms with Crippen LogP contribution in [0.3, 0.4) is 0 Å². The van der Waals surface area contributed by atoms with Crippen LogP contribution in [0.25, 0.3) is 0 Å². The Balaban J connectivity index is 1.57. The van der Waals surface area contributed by atoms with Crippen LogP contribution in [0.15, 0.2) is 24.3 Å². The minimum absolute atomic E-state index is 0.210. The maximum absolute atomic E-state index is 12.2. The number of benzene rings is 1. The average molecular weight is 278 g/mol. The molecule has 0 spiro atoms. The summed E-state index contributed by atoms with van der Waals surface area (Å²) in [6, 6.07) is 8.14. The number of halogens is 1. The number of amides is 1. The smallest absolute Gasteiger partial charge is 0.227 e. The predicted molar refractivity (Wildman–Crippen MR) is 78.4 cm³/mol. The minimum Gasteiger partial charge on any atom is -0.326 e. The van der Waals surface area contributed by atoms with Crippen LogP contribution < -0.4 is 5.32 Å². The zero-order valence-electron chi connectivity index (χ0n) is 11.1. The van der Waals surface area contributed by atoms with Gasteiger partial charge in [-0.2, -0.15) is 0 Å². The highest BCUT2D eigenvalue weighted by atomic mass is 35.5. The summed E-state index contributed by atoms with van der Waals surface area (Å²) in [5.74, 6) is 2.84. The normalized spacial score (nSPS) is 27.9. The number of carbonyl (C=O) groups is 1. The van der Waals surface area contributed by atoms with Crippen molar-refractivity contribution in [3.8, 4) is 0 Å². The summed E-state index contributed by atoms with van der Waals surface area (Å²) in [5, 5.41) is 3.07. The van der Waals surface area contributed by atoms with Crippen molar-refractivity contribution in [1.82, 2.24) is 0 Å². The fourth-order valence-electron chi connectivity index (χ4n) is 3.25. The maximum atomic E-state index is 12.2. The number of anilines is 1. The van der Waals surface area contributed by atoms with Crippen molar-refractivity contribution in [2.75, 3.05) is 11.2 Å². The van der Waals surface area contributed by atoms with Crippen LogP contribution in [-0.4, -0.2) is 11.8 Å². The lowest BCUT2D eigenvalue weighted by atomic mass is 10.0. The third kappa shape index (κ3) is 3.11. The lowest BCUT2D eigenvalue weighted by molar-refractivity contribution is -0.120. The first-order valence-corrected chi connectivity index (χ1v) is 7.75. The van der Waals surface area contributed by atoms with E-state index in [-0.39, 0.29) is 11.8 Å². The van der Waals surface area contributed by atoms with Crippen LogP contribution in [-0.2, 0) is 11.2 Å². The Hall–Kier alpha value is -1.02. The van der Waals surface area contributed by atoms with E-state index in [2.05, 4.69) is 17.4 Å². The quantitative estimate of drug-likeness (QED) is 0.814. The van der Waals surface area contributed by atoms with Crippen molar-refractivity contribution in [3.05, 3.63) is 29.8 Å². The molecule has 2 aliphatic rings. The highest BCUT2D eigenvalue weighted by Crippen LogP contribution is 2.54. The summed E-state index contributed by atoms with van der Waals surface area (Å²) in [5.41, 5.74) is 2.17. The molecule has 0 radical (unpaired) electrons. The zero-order chi connectivity index (χ0) is 13.2. The van der Waals surface area contributed by atoms with Crippen LogP contribution in [0.2, 0.25) is 0 Å². The van der Waals surface area contributed by atoms with Crippen molar-refractivity contribution in [3.63, 3.8) is 0 Å². The van der Waals surface area contributed by atoms with E-state index >= 15 is 0 Å². The van der Waals surface area contributed by atoms with Crippen molar-refractivity contribution >= 4 is 23.2 Å². The van der Waals surface area contributed by atoms with E-state index in [1.807, 2.05) is 12.1 Å². The van der Waals surface area contributed by atoms with Gasteiger partial charge in [0.15, 0.2) is 0 Å². The van der Waals surface area contributed by atoms with Crippen LogP contribution in [0.1, 0.15) is 31.2 Å². The van der Waals surface area contributed by atoms with E-state index in [1.54, 1.807) is 0 Å². The Kier molecular flexibility index (Phi) is 3.79. The molecule has 2 aliphatic carbocycles. The van der Waals surface area contributed by atoms with Crippen molar-refractivity contribution in [2.45, 2.75) is 32.1 Å². The van der Waals surface area contributed by atoms with E-state index in [0.717, 1.165) is 43.2 Å². The molecule has 1 amide bonds. The summed E-state index contributed by atoms with van der Waals surface area (Å²) in [6.45, 7) is 0. The first-order valence-electron chi connectivity index (χ1n) is 7.22. The Bertz CT molecular complexity index is 464. The standard InChI is InChI=1S/C16H20ClNO/c17-6-2-4-11-3-1-5-15(7-11)18-16(19)14-9-12-8-13(12)10-14/h1,3,5,7,12-14H,2,4,6,8-10H2,(H,18,19). The molecule has 0 heterocycles. The Labute approximate surface area is 119 Å². The minimum atomic E-state index is 0.210. The summed E-state index contributed by atoms with van der Waals surface area (Å²) < 4.78 is 0. The molecule has 1 aromatic rings. The van der Waals surface area contributed by atoms with Gasteiger partial charge in [0.2, 0.25) is 5.91 Å². The average Bonchev–Trinajstić information content (AvgIpc) is 3.03. The summed E-state index contributed by atoms with van der Waals surface area (Å²) >= 11 is 5.71. The molecule has 1 N–H and O–H groups in total. The van der Waals surface area contributed by atoms with Crippen molar-refractivity contribution < 1.29 is 4.79 Å². The molecule has 3 rings (SSSR count). The largest absolute Gasteiger partial charge is 0.326 e. The van der Waals surface area contributed by atoms with Gasteiger partial charge in [0.1, 0.15) is 0 Å². The van der Waals surface area contributed by atoms with Crippen molar-refractivity contribution in [2.24, 2.45) is 17.8 Å². The van der Waals surface area contributed by atoms with Gasteiger partial charge in [0, 0.05) is 17.5 Å². The van der Waals surface area contributed by atoms with Gasteiger partial charge in [-0.25, -0.2) is 0 Å². The Morgan fingerprint density at radius 2 is 2.05 bits per heavy atom. The van der Waals surface area contributed by atoms with Crippen LogP contribution >= 0.6 is 11.6 Å². The molecule has 102 valence electrons. The first-order chi connectivity index (χ1) is 9.26. The van der Waals surface area contributed by atoms with Gasteiger partial charge in [-0.15, -0.1) is 11.6 Å². The van der Waals surface area contributed by atoms with Crippen LogP contribution in [0, 0.1) is 17.8 Å². The number of nitrogens with one attached hydrogen (secondary N) is 1. The fraction of sp³-hybridized carbons (Fsp3) is 0.562. The molecule has 0 bridgehead atoms. The van der Waals surface area contributed by atoms with Gasteiger partial charge >= 0.3 is 0 Å². The molecule has 2 atom stereocenters. The molecular formula is C16H20ClNO. The zero-order valence-corrected chi connectivity index (χ0v) is 11.8. The van der Waals surface area contributed by atoms with E-state index in [0.29, 0.717) is 5.88 Å². The highest BCUT2D eigenvalue weighted by molar-refractivity contribution is 6.17. The first kappa shape index (κ1) is 13.0. The molecule has 2 fully saturated rings. The molecule has 0 aliphatic heterocycles. The second kappa shape index (κ2) is 5.54. The predicted octanol–water partition coefficient (Wildman–Crippen LogP) is 3.84. The molecule has 3 heteroatoms. The number of fused-ring (bicyclic) bond motifs is 1. The number of carbonyl (C=O) groups excluding carboxylic acids is 1. The molecule has 2 unspecified atom stereocenters. The molecule has 0 aromatic heterocycles. The molecule has 2 nitrogen and oxygen atoms in total. The van der Waals surface area contributed by atoms with Crippen molar-refractivity contribution in [1.29, 1.82) is 0 Å². The third-order valence-corrected chi connectivity index (χ3v) is 4.68. The van der Waals surface area contributed by atoms with E-state index in [9.17, 15) is 4.79 Å². The SMILES string of the molecule is O=C(Nc1cccc(CCCCl)c1)C1CC2CC2C1. The lowest BCUT2D eigenvalue weighted by Crippen LogP contribution is -2.21. The van der Waals surface area contributed by atoms with Gasteiger partial charge in [0.25, 0.3) is 0 Å². The summed E-state index contributed by atoms with van der Waals surface area (Å²) in [6.07, 6.45) is 5.51. The Morgan fingerprint density at radius 3 is 2.79 bits per heavy atom. The van der Waals surface area contributed by atoms with Gasteiger partial charge < -0.3 is 5.32 Å². The topological polar surface area (TPSA) is 29.1 Å². The molecule has 1 aromatic carbocycles. The molecular weight excluding hydrogens is 258 g/mol. The highest BCUT2D eigenvalue weighted by Gasteiger charge is 2.47. The number of aryl methyl sites for hydroxylation is 1. The fourth-order valence-corrected chi connectivity index (χ4v) is 3.38. The molecule has 19 heavy (non-hydrogen) atoms. The number of hydrogen-bond donors (Lipinski definition) is 1. The number of rotatable bonds is 5. The van der Waals surface area contributed by atoms with E-state index in [1.165, 1.54) is 12.0 Å². The van der Waals surface area contributed by atoms with Gasteiger partial charge in [0.05, 0.1) is 0 Å². The van der Waals surface area contributed by atoms with Crippen LogP contribution in [0.4, 0.5) is 5.69 Å². The van der Waals surface area contributed by atoms with Gasteiger partial charge in [-0.05, 0) is 61.6 Å². The molecule has 0 saturated heterocycles. The monoisotopic (exact) mass is 277 g/mol. The van der Waals surface area contributed by atoms with Crippen LogP contribution in [0.5, 0.6) is 0 Å². The second-order valence-corrected chi connectivity index (χ2v) is 6.28. The van der Waals surface area contributed by atoms with E-state index in [4.69, 9.17) is 11.6 Å². The van der Waals surface area contributed by atoms with E-state index < -0.39 is 0 Å². The third-order valence-electron chi connectivity index (χ3n) is 4.41. The number of hydrogen-bond acceptors (Lipinski definition) is 1. The maximum Gasteiger partial charge on any atom is 0.227 e. The number of alkyl halides is 1. The summed E-state index contributed by atoms with van der Waals surface area (Å²) in [4.78, 5) is 12.2. The summed E-state index contributed by atoms with van der Waals surface area (Å²) in [7, 11) is 0. The Morgan fingerprint density at radius 1 is 1.26 bits per heavy atom.